The van der Waals surface area contributed by atoms with Crippen molar-refractivity contribution in [3.8, 4) is 0 Å². The second kappa shape index (κ2) is 10.1. The van der Waals surface area contributed by atoms with Crippen LogP contribution in [0.1, 0.15) is 37.8 Å². The summed E-state index contributed by atoms with van der Waals surface area (Å²) in [6.07, 6.45) is 6.26. The van der Waals surface area contributed by atoms with E-state index < -0.39 is 5.60 Å². The van der Waals surface area contributed by atoms with E-state index >= 15 is 0 Å². The lowest BCUT2D eigenvalue weighted by atomic mass is 9.83. The van der Waals surface area contributed by atoms with Crippen LogP contribution in [0.5, 0.6) is 0 Å². The fourth-order valence-electron chi connectivity index (χ4n) is 3.10. The Morgan fingerprint density at radius 2 is 1.50 bits per heavy atom. The summed E-state index contributed by atoms with van der Waals surface area (Å²) < 4.78 is 6.38. The Hall–Kier alpha value is -1.90. The summed E-state index contributed by atoms with van der Waals surface area (Å²) in [5.41, 5.74) is 2.03. The maximum absolute atomic E-state index is 6.38. The monoisotopic (exact) mass is 323 g/mol. The lowest BCUT2D eigenvalue weighted by Crippen LogP contribution is -2.35. The van der Waals surface area contributed by atoms with Crippen LogP contribution >= 0.6 is 0 Å². The van der Waals surface area contributed by atoms with E-state index in [1.807, 2.05) is 0 Å². The van der Waals surface area contributed by atoms with Gasteiger partial charge in [-0.15, -0.1) is 0 Å². The van der Waals surface area contributed by atoms with Gasteiger partial charge in [0.25, 0.3) is 0 Å². The Bertz CT molecular complexity index is 552. The summed E-state index contributed by atoms with van der Waals surface area (Å²) in [5.74, 6) is 0. The summed E-state index contributed by atoms with van der Waals surface area (Å²) in [5, 5.41) is 3.54. The van der Waals surface area contributed by atoms with Gasteiger partial charge in [0.15, 0.2) is 0 Å². The van der Waals surface area contributed by atoms with Crippen LogP contribution in [0, 0.1) is 0 Å². The van der Waals surface area contributed by atoms with Crippen molar-refractivity contribution in [3.05, 3.63) is 83.9 Å². The molecule has 0 atom stereocenters. The molecule has 0 unspecified atom stereocenters. The molecule has 0 amide bonds. The normalized spacial score (nSPS) is 11.9. The number of hydrogen-bond acceptors (Lipinski definition) is 2. The van der Waals surface area contributed by atoms with Gasteiger partial charge in [-0.05, 0) is 50.9 Å². The van der Waals surface area contributed by atoms with Crippen molar-refractivity contribution >= 4 is 0 Å². The molecule has 0 radical (unpaired) electrons. The molecule has 2 aromatic carbocycles. The van der Waals surface area contributed by atoms with E-state index in [2.05, 4.69) is 92.0 Å². The summed E-state index contributed by atoms with van der Waals surface area (Å²) in [6.45, 7) is 6.73. The van der Waals surface area contributed by atoms with Gasteiger partial charge in [0.05, 0.1) is 0 Å². The first-order valence-electron chi connectivity index (χ1n) is 8.90. The maximum atomic E-state index is 6.38. The smallest absolute Gasteiger partial charge is 0.119 e. The number of hydrogen-bond donors (Lipinski definition) is 1. The third-order valence-corrected chi connectivity index (χ3v) is 4.25. The van der Waals surface area contributed by atoms with Crippen LogP contribution in [0.4, 0.5) is 0 Å². The predicted molar refractivity (Wildman–Crippen MR) is 102 cm³/mol. The number of nitrogens with one attached hydrogen (secondary N) is 1. The summed E-state index contributed by atoms with van der Waals surface area (Å²) in [7, 11) is 0. The van der Waals surface area contributed by atoms with E-state index in [1.165, 1.54) is 11.1 Å². The quantitative estimate of drug-likeness (QED) is 0.495. The van der Waals surface area contributed by atoms with Crippen LogP contribution in [0.15, 0.2) is 72.8 Å². The Morgan fingerprint density at radius 3 is 2.00 bits per heavy atom. The van der Waals surface area contributed by atoms with Gasteiger partial charge in [-0.2, -0.15) is 0 Å². The topological polar surface area (TPSA) is 21.3 Å². The maximum Gasteiger partial charge on any atom is 0.119 e. The highest BCUT2D eigenvalue weighted by atomic mass is 16.5. The van der Waals surface area contributed by atoms with E-state index in [9.17, 15) is 0 Å². The van der Waals surface area contributed by atoms with E-state index in [0.717, 1.165) is 25.9 Å². The summed E-state index contributed by atoms with van der Waals surface area (Å²) in [6, 6.07) is 21.1. The molecular formula is C22H29NO. The second-order valence-corrected chi connectivity index (χ2v) is 5.85. The van der Waals surface area contributed by atoms with Gasteiger partial charge in [-0.25, -0.2) is 0 Å². The van der Waals surface area contributed by atoms with Gasteiger partial charge in [-0.3, -0.25) is 0 Å². The first-order valence-corrected chi connectivity index (χ1v) is 8.90. The molecule has 24 heavy (non-hydrogen) atoms. The fraction of sp³-hybridized carbons (Fsp3) is 0.364. The minimum absolute atomic E-state index is 0.398. The molecule has 1 N–H and O–H groups in total. The Labute approximate surface area is 146 Å². The van der Waals surface area contributed by atoms with Crippen LogP contribution in [-0.2, 0) is 10.3 Å². The number of allylic oxidation sites excluding steroid dienone is 1. The fourth-order valence-corrected chi connectivity index (χ4v) is 3.10. The molecule has 0 heterocycles. The van der Waals surface area contributed by atoms with E-state index in [4.69, 9.17) is 4.74 Å². The van der Waals surface area contributed by atoms with Crippen molar-refractivity contribution in [2.24, 2.45) is 0 Å². The van der Waals surface area contributed by atoms with Crippen LogP contribution in [0.3, 0.4) is 0 Å². The Balaban J connectivity index is 2.22. The van der Waals surface area contributed by atoms with Gasteiger partial charge < -0.3 is 10.1 Å². The van der Waals surface area contributed by atoms with Crippen molar-refractivity contribution in [2.75, 3.05) is 19.7 Å². The third-order valence-electron chi connectivity index (χ3n) is 4.25. The van der Waals surface area contributed by atoms with Crippen molar-refractivity contribution in [2.45, 2.75) is 32.3 Å². The molecule has 2 aromatic rings. The molecule has 0 bridgehead atoms. The molecule has 0 saturated carbocycles. The molecule has 0 fully saturated rings. The molecule has 0 aliphatic carbocycles. The molecular weight excluding hydrogens is 294 g/mol. The zero-order valence-corrected chi connectivity index (χ0v) is 14.9. The van der Waals surface area contributed by atoms with Crippen molar-refractivity contribution in [3.63, 3.8) is 0 Å². The first kappa shape index (κ1) is 18.4. The molecule has 0 aromatic heterocycles. The molecule has 2 rings (SSSR count). The van der Waals surface area contributed by atoms with Crippen molar-refractivity contribution in [1.82, 2.24) is 5.32 Å². The highest BCUT2D eigenvalue weighted by molar-refractivity contribution is 5.36. The SMILES string of the molecule is CC=CCCNCCC(OCC)(c1ccccc1)c1ccccc1. The zero-order valence-electron chi connectivity index (χ0n) is 14.9. The minimum Gasteiger partial charge on any atom is -0.366 e. The van der Waals surface area contributed by atoms with Crippen molar-refractivity contribution in [1.29, 1.82) is 0 Å². The highest BCUT2D eigenvalue weighted by Crippen LogP contribution is 2.36. The molecule has 0 saturated heterocycles. The van der Waals surface area contributed by atoms with Crippen LogP contribution in [0.2, 0.25) is 0 Å². The van der Waals surface area contributed by atoms with Gasteiger partial charge in [0, 0.05) is 6.61 Å². The van der Waals surface area contributed by atoms with Crippen molar-refractivity contribution < 1.29 is 4.74 Å². The minimum atomic E-state index is -0.398. The number of ether oxygens (including phenoxy) is 1. The second-order valence-electron chi connectivity index (χ2n) is 5.85. The number of rotatable bonds is 10. The molecule has 128 valence electrons. The average Bonchev–Trinajstić information content (AvgIpc) is 2.65. The van der Waals surface area contributed by atoms with E-state index in [-0.39, 0.29) is 0 Å². The largest absolute Gasteiger partial charge is 0.366 e. The van der Waals surface area contributed by atoms with Gasteiger partial charge >= 0.3 is 0 Å². The number of benzene rings is 2. The summed E-state index contributed by atoms with van der Waals surface area (Å²) >= 11 is 0. The Kier molecular flexibility index (Phi) is 7.73. The lowest BCUT2D eigenvalue weighted by Gasteiger charge is -2.35. The summed E-state index contributed by atoms with van der Waals surface area (Å²) in [4.78, 5) is 0. The lowest BCUT2D eigenvalue weighted by molar-refractivity contribution is -0.0172. The van der Waals surface area contributed by atoms with Gasteiger partial charge in [0.2, 0.25) is 0 Å². The molecule has 0 spiro atoms. The first-order chi connectivity index (χ1) is 11.8. The molecule has 0 aliphatic rings. The third kappa shape index (κ3) is 4.80. The molecule has 0 aliphatic heterocycles. The molecule has 2 heteroatoms. The van der Waals surface area contributed by atoms with E-state index in [1.54, 1.807) is 0 Å². The van der Waals surface area contributed by atoms with E-state index in [0.29, 0.717) is 6.61 Å². The standard InChI is InChI=1S/C22H29NO/c1-3-5-12-18-23-19-17-22(24-4-2,20-13-8-6-9-14-20)21-15-10-7-11-16-21/h3,5-11,13-16,23H,4,12,17-19H2,1-2H3. The van der Waals surface area contributed by atoms with Gasteiger partial charge in [0.1, 0.15) is 5.60 Å². The Morgan fingerprint density at radius 1 is 0.917 bits per heavy atom. The van der Waals surface area contributed by atoms with Gasteiger partial charge in [-0.1, -0.05) is 72.8 Å². The molecule has 2 nitrogen and oxygen atoms in total. The van der Waals surface area contributed by atoms with Crippen LogP contribution in [-0.4, -0.2) is 19.7 Å². The highest BCUT2D eigenvalue weighted by Gasteiger charge is 2.34. The average molecular weight is 323 g/mol. The van der Waals surface area contributed by atoms with Crippen LogP contribution in [0.25, 0.3) is 0 Å². The van der Waals surface area contributed by atoms with Crippen LogP contribution < -0.4 is 5.32 Å². The zero-order chi connectivity index (χ0) is 17.1. The predicted octanol–water partition coefficient (Wildman–Crippen LogP) is 4.91.